The topological polar surface area (TPSA) is 52.3 Å². The van der Waals surface area contributed by atoms with E-state index in [-0.39, 0.29) is 0 Å². The highest BCUT2D eigenvalue weighted by molar-refractivity contribution is 9.10. The summed E-state index contributed by atoms with van der Waals surface area (Å²) in [4.78, 5) is 11.1. The molecular weight excluding hydrogens is 269 g/mol. The highest BCUT2D eigenvalue weighted by atomic mass is 79.9. The van der Waals surface area contributed by atoms with Crippen molar-refractivity contribution in [3.8, 4) is 0 Å². The third kappa shape index (κ3) is 2.26. The molecule has 0 saturated heterocycles. The van der Waals surface area contributed by atoms with Crippen LogP contribution in [0.3, 0.4) is 0 Å². The van der Waals surface area contributed by atoms with Gasteiger partial charge in [-0.05, 0) is 12.1 Å². The second kappa shape index (κ2) is 4.77. The maximum atomic E-state index is 11.1. The lowest BCUT2D eigenvalue weighted by Gasteiger charge is -2.13. The standard InChI is InChI=1S/C9H9BrClNO2/c1-14-8(11)7-5(9(12)13)3-2-4-6(7)10/h2-4,8H,1H3,(H2,12,13). The van der Waals surface area contributed by atoms with Crippen molar-refractivity contribution in [2.45, 2.75) is 5.56 Å². The van der Waals surface area contributed by atoms with E-state index < -0.39 is 11.5 Å². The highest BCUT2D eigenvalue weighted by Crippen LogP contribution is 2.31. The zero-order valence-corrected chi connectivity index (χ0v) is 9.80. The first kappa shape index (κ1) is 11.5. The van der Waals surface area contributed by atoms with Crippen LogP contribution in [0.15, 0.2) is 22.7 Å². The summed E-state index contributed by atoms with van der Waals surface area (Å²) in [5.74, 6) is -0.524. The quantitative estimate of drug-likeness (QED) is 0.863. The highest BCUT2D eigenvalue weighted by Gasteiger charge is 2.18. The first-order valence-electron chi connectivity index (χ1n) is 3.83. The summed E-state index contributed by atoms with van der Waals surface area (Å²) >= 11 is 9.17. The molecule has 1 unspecified atom stereocenters. The van der Waals surface area contributed by atoms with Crippen LogP contribution in [0.25, 0.3) is 0 Å². The summed E-state index contributed by atoms with van der Waals surface area (Å²) in [5, 5.41) is 0. The molecular formula is C9H9BrClNO2. The van der Waals surface area contributed by atoms with E-state index >= 15 is 0 Å². The van der Waals surface area contributed by atoms with Crippen molar-refractivity contribution in [2.24, 2.45) is 5.73 Å². The first-order valence-corrected chi connectivity index (χ1v) is 5.06. The summed E-state index contributed by atoms with van der Waals surface area (Å²) in [6, 6.07) is 5.10. The van der Waals surface area contributed by atoms with Crippen LogP contribution < -0.4 is 5.73 Å². The Morgan fingerprint density at radius 3 is 2.79 bits per heavy atom. The van der Waals surface area contributed by atoms with Gasteiger partial charge in [-0.25, -0.2) is 0 Å². The minimum Gasteiger partial charge on any atom is -0.366 e. The van der Waals surface area contributed by atoms with Gasteiger partial charge in [-0.1, -0.05) is 33.6 Å². The smallest absolute Gasteiger partial charge is 0.249 e. The summed E-state index contributed by atoms with van der Waals surface area (Å²) in [5.41, 5.74) is 5.44. The maximum absolute atomic E-state index is 11.1. The van der Waals surface area contributed by atoms with Crippen molar-refractivity contribution in [1.82, 2.24) is 0 Å². The summed E-state index contributed by atoms with van der Waals surface area (Å²) < 4.78 is 5.64. The lowest BCUT2D eigenvalue weighted by atomic mass is 10.1. The second-order valence-electron chi connectivity index (χ2n) is 2.62. The number of carbonyl (C=O) groups excluding carboxylic acids is 1. The van der Waals surface area contributed by atoms with Crippen LogP contribution in [0.5, 0.6) is 0 Å². The number of amides is 1. The molecule has 0 aromatic heterocycles. The molecule has 0 saturated carbocycles. The molecule has 5 heteroatoms. The number of benzene rings is 1. The first-order chi connectivity index (χ1) is 6.57. The molecule has 0 bridgehead atoms. The Morgan fingerprint density at radius 1 is 1.64 bits per heavy atom. The maximum Gasteiger partial charge on any atom is 0.249 e. The summed E-state index contributed by atoms with van der Waals surface area (Å²) in [6.45, 7) is 0. The lowest BCUT2D eigenvalue weighted by Crippen LogP contribution is -2.15. The molecule has 14 heavy (non-hydrogen) atoms. The van der Waals surface area contributed by atoms with Gasteiger partial charge in [0, 0.05) is 22.7 Å². The fourth-order valence-electron chi connectivity index (χ4n) is 1.10. The molecule has 0 spiro atoms. The minimum absolute atomic E-state index is 0.362. The average Bonchev–Trinajstić information content (AvgIpc) is 2.16. The van der Waals surface area contributed by atoms with Gasteiger partial charge in [-0.3, -0.25) is 4.79 Å². The number of nitrogens with two attached hydrogens (primary N) is 1. The Hall–Kier alpha value is -0.580. The van der Waals surface area contributed by atoms with Crippen molar-refractivity contribution in [2.75, 3.05) is 7.11 Å². The van der Waals surface area contributed by atoms with Crippen molar-refractivity contribution >= 4 is 33.4 Å². The zero-order chi connectivity index (χ0) is 10.7. The molecule has 1 rings (SSSR count). The van der Waals surface area contributed by atoms with Gasteiger partial charge in [0.1, 0.15) is 0 Å². The van der Waals surface area contributed by atoms with E-state index in [9.17, 15) is 4.79 Å². The monoisotopic (exact) mass is 277 g/mol. The van der Waals surface area contributed by atoms with Gasteiger partial charge in [0.15, 0.2) is 5.56 Å². The van der Waals surface area contributed by atoms with Gasteiger partial charge in [0.05, 0.1) is 0 Å². The molecule has 0 radical (unpaired) electrons. The molecule has 1 aromatic rings. The average molecular weight is 279 g/mol. The number of carbonyl (C=O) groups is 1. The SMILES string of the molecule is COC(Cl)c1c(Br)cccc1C(N)=O. The van der Waals surface area contributed by atoms with E-state index in [1.165, 1.54) is 7.11 Å². The van der Waals surface area contributed by atoms with Crippen molar-refractivity contribution < 1.29 is 9.53 Å². The van der Waals surface area contributed by atoms with E-state index in [2.05, 4.69) is 15.9 Å². The number of alkyl halides is 1. The molecule has 0 aliphatic rings. The molecule has 3 nitrogen and oxygen atoms in total. The Labute approximate surface area is 95.3 Å². The Balaban J connectivity index is 3.29. The normalized spacial score (nSPS) is 12.5. The number of methoxy groups -OCH3 is 1. The van der Waals surface area contributed by atoms with E-state index in [1.807, 2.05) is 0 Å². The lowest BCUT2D eigenvalue weighted by molar-refractivity contribution is 0.0994. The van der Waals surface area contributed by atoms with Crippen molar-refractivity contribution in [3.05, 3.63) is 33.8 Å². The minimum atomic E-state index is -0.687. The molecule has 0 fully saturated rings. The summed E-state index contributed by atoms with van der Waals surface area (Å²) in [7, 11) is 1.46. The van der Waals surface area contributed by atoms with E-state index in [0.29, 0.717) is 15.6 Å². The fraction of sp³-hybridized carbons (Fsp3) is 0.222. The van der Waals surface area contributed by atoms with Crippen LogP contribution >= 0.6 is 27.5 Å². The van der Waals surface area contributed by atoms with Crippen molar-refractivity contribution in [3.63, 3.8) is 0 Å². The third-order valence-corrected chi connectivity index (χ3v) is 2.84. The van der Waals surface area contributed by atoms with E-state index in [0.717, 1.165) is 0 Å². The number of hydrogen-bond donors (Lipinski definition) is 1. The number of hydrogen-bond acceptors (Lipinski definition) is 2. The van der Waals surface area contributed by atoms with Crippen LogP contribution in [0, 0.1) is 0 Å². The van der Waals surface area contributed by atoms with Crippen LogP contribution in [-0.4, -0.2) is 13.0 Å². The van der Waals surface area contributed by atoms with Crippen LogP contribution in [0.2, 0.25) is 0 Å². The molecule has 1 aromatic carbocycles. The second-order valence-corrected chi connectivity index (χ2v) is 3.87. The molecule has 0 heterocycles. The van der Waals surface area contributed by atoms with Crippen LogP contribution in [0.4, 0.5) is 0 Å². The zero-order valence-electron chi connectivity index (χ0n) is 7.46. The Morgan fingerprint density at radius 2 is 2.29 bits per heavy atom. The van der Waals surface area contributed by atoms with Gasteiger partial charge in [-0.15, -0.1) is 0 Å². The Kier molecular flexibility index (Phi) is 3.92. The molecule has 2 N–H and O–H groups in total. The van der Waals surface area contributed by atoms with Gasteiger partial charge in [0.2, 0.25) is 5.91 Å². The van der Waals surface area contributed by atoms with E-state index in [4.69, 9.17) is 22.1 Å². The molecule has 0 aliphatic heterocycles. The number of halogens is 2. The summed E-state index contributed by atoms with van der Waals surface area (Å²) in [6.07, 6.45) is 0. The third-order valence-electron chi connectivity index (χ3n) is 1.75. The number of ether oxygens (including phenoxy) is 1. The molecule has 0 aliphatic carbocycles. The Bertz CT molecular complexity index is 357. The van der Waals surface area contributed by atoms with Gasteiger partial charge in [-0.2, -0.15) is 0 Å². The molecule has 76 valence electrons. The van der Waals surface area contributed by atoms with Gasteiger partial charge < -0.3 is 10.5 Å². The number of primary amides is 1. The predicted molar refractivity (Wildman–Crippen MR) is 58.3 cm³/mol. The number of rotatable bonds is 3. The van der Waals surface area contributed by atoms with Crippen LogP contribution in [-0.2, 0) is 4.74 Å². The van der Waals surface area contributed by atoms with Gasteiger partial charge >= 0.3 is 0 Å². The predicted octanol–water partition coefficient (Wildman–Crippen LogP) is 2.43. The van der Waals surface area contributed by atoms with Gasteiger partial charge in [0.25, 0.3) is 0 Å². The molecule has 1 amide bonds. The largest absolute Gasteiger partial charge is 0.366 e. The van der Waals surface area contributed by atoms with Crippen LogP contribution in [0.1, 0.15) is 21.5 Å². The van der Waals surface area contributed by atoms with Crippen molar-refractivity contribution in [1.29, 1.82) is 0 Å². The molecule has 1 atom stereocenters. The fourth-order valence-corrected chi connectivity index (χ4v) is 2.04. The van der Waals surface area contributed by atoms with E-state index in [1.54, 1.807) is 18.2 Å².